The molecule has 1 heterocycles. The maximum atomic E-state index is 12.1. The van der Waals surface area contributed by atoms with Crippen LogP contribution in [0.4, 0.5) is 4.79 Å². The first-order valence-corrected chi connectivity index (χ1v) is 6.84. The summed E-state index contributed by atoms with van der Waals surface area (Å²) >= 11 is 0. The number of aliphatic hydroxyl groups excluding tert-OH is 1. The monoisotopic (exact) mass is 272 g/mol. The minimum Gasteiger partial charge on any atom is -0.480 e. The van der Waals surface area contributed by atoms with Gasteiger partial charge in [-0.1, -0.05) is 13.3 Å². The Morgan fingerprint density at radius 3 is 2.37 bits per heavy atom. The lowest BCUT2D eigenvalue weighted by molar-refractivity contribution is -0.144. The number of carbonyl (C=O) groups excluding carboxylic acids is 1. The molecule has 0 aliphatic carbocycles. The van der Waals surface area contributed by atoms with E-state index in [0.717, 1.165) is 12.8 Å². The van der Waals surface area contributed by atoms with Crippen molar-refractivity contribution in [2.75, 3.05) is 19.7 Å². The van der Waals surface area contributed by atoms with Crippen molar-refractivity contribution in [3.05, 3.63) is 0 Å². The third kappa shape index (κ3) is 4.09. The van der Waals surface area contributed by atoms with Crippen LogP contribution in [0.3, 0.4) is 0 Å². The van der Waals surface area contributed by atoms with Gasteiger partial charge >= 0.3 is 12.0 Å². The van der Waals surface area contributed by atoms with Crippen LogP contribution in [0.5, 0.6) is 0 Å². The number of hydrogen-bond acceptors (Lipinski definition) is 3. The highest BCUT2D eigenvalue weighted by Gasteiger charge is 2.35. The number of carbonyl (C=O) groups is 2. The number of nitrogens with zero attached hydrogens (tertiary/aromatic N) is 1. The number of urea groups is 1. The van der Waals surface area contributed by atoms with Crippen LogP contribution in [-0.4, -0.2) is 52.3 Å². The first kappa shape index (κ1) is 15.8. The standard InChI is InChI=1S/C13H24N2O4/c1-3-6-13(2,11(17)18)14-12(19)15-7-4-10(9-16)5-8-15/h10,16H,3-9H2,1-2H3,(H,14,19)(H,17,18). The number of likely N-dealkylation sites (tertiary alicyclic amines) is 1. The molecule has 0 bridgehead atoms. The highest BCUT2D eigenvalue weighted by atomic mass is 16.4. The number of nitrogens with one attached hydrogen (secondary N) is 1. The lowest BCUT2D eigenvalue weighted by atomic mass is 9.96. The number of carboxylic acids is 1. The predicted octanol–water partition coefficient (Wildman–Crippen LogP) is 1.04. The molecule has 110 valence electrons. The fraction of sp³-hybridized carbons (Fsp3) is 0.846. The summed E-state index contributed by atoms with van der Waals surface area (Å²) < 4.78 is 0. The number of piperidine rings is 1. The van der Waals surface area contributed by atoms with Crippen LogP contribution in [0.25, 0.3) is 0 Å². The molecule has 19 heavy (non-hydrogen) atoms. The van der Waals surface area contributed by atoms with Gasteiger partial charge in [0.15, 0.2) is 0 Å². The van der Waals surface area contributed by atoms with E-state index in [2.05, 4.69) is 5.32 Å². The Kier molecular flexibility index (Phi) is 5.60. The first-order valence-electron chi connectivity index (χ1n) is 6.84. The summed E-state index contributed by atoms with van der Waals surface area (Å²) in [5.74, 6) is -0.751. The molecule has 1 aliphatic heterocycles. The Bertz CT molecular complexity index is 327. The summed E-state index contributed by atoms with van der Waals surface area (Å²) in [6.45, 7) is 4.72. The number of aliphatic hydroxyl groups is 1. The zero-order chi connectivity index (χ0) is 14.5. The molecule has 0 aromatic heterocycles. The molecule has 0 aromatic rings. The van der Waals surface area contributed by atoms with Crippen LogP contribution in [0.15, 0.2) is 0 Å². The average Bonchev–Trinajstić information content (AvgIpc) is 2.38. The second-order valence-corrected chi connectivity index (χ2v) is 5.43. The molecular weight excluding hydrogens is 248 g/mol. The molecule has 1 saturated heterocycles. The summed E-state index contributed by atoms with van der Waals surface area (Å²) in [7, 11) is 0. The molecule has 1 atom stereocenters. The SMILES string of the molecule is CCCC(C)(NC(=O)N1CCC(CO)CC1)C(=O)O. The van der Waals surface area contributed by atoms with E-state index in [1.807, 2.05) is 6.92 Å². The predicted molar refractivity (Wildman–Crippen MR) is 70.9 cm³/mol. The molecule has 0 saturated carbocycles. The third-order valence-corrected chi connectivity index (χ3v) is 3.76. The van der Waals surface area contributed by atoms with Gasteiger partial charge in [0.2, 0.25) is 0 Å². The number of amides is 2. The van der Waals surface area contributed by atoms with Gasteiger partial charge < -0.3 is 20.4 Å². The Balaban J connectivity index is 2.56. The van der Waals surface area contributed by atoms with Gasteiger partial charge in [-0.05, 0) is 32.1 Å². The summed E-state index contributed by atoms with van der Waals surface area (Å²) in [6, 6.07) is -0.324. The van der Waals surface area contributed by atoms with Gasteiger partial charge in [0, 0.05) is 19.7 Å². The molecule has 6 heteroatoms. The first-order chi connectivity index (χ1) is 8.92. The molecule has 6 nitrogen and oxygen atoms in total. The molecule has 0 aromatic carbocycles. The van der Waals surface area contributed by atoms with Gasteiger partial charge in [-0.2, -0.15) is 0 Å². The van der Waals surface area contributed by atoms with Crippen LogP contribution >= 0.6 is 0 Å². The van der Waals surface area contributed by atoms with Crippen LogP contribution in [0, 0.1) is 5.92 Å². The topological polar surface area (TPSA) is 89.9 Å². The minimum atomic E-state index is -1.21. The van der Waals surface area contributed by atoms with E-state index < -0.39 is 11.5 Å². The maximum Gasteiger partial charge on any atom is 0.329 e. The molecule has 1 rings (SSSR count). The molecule has 3 N–H and O–H groups in total. The largest absolute Gasteiger partial charge is 0.480 e. The molecule has 0 radical (unpaired) electrons. The van der Waals surface area contributed by atoms with Crippen LogP contribution in [0.2, 0.25) is 0 Å². The van der Waals surface area contributed by atoms with E-state index in [9.17, 15) is 14.7 Å². The molecule has 0 spiro atoms. The van der Waals surface area contributed by atoms with Gasteiger partial charge in [-0.15, -0.1) is 0 Å². The number of carboxylic acid groups (broad SMARTS) is 1. The van der Waals surface area contributed by atoms with Crippen molar-refractivity contribution in [3.63, 3.8) is 0 Å². The number of hydrogen-bond donors (Lipinski definition) is 3. The Morgan fingerprint density at radius 1 is 1.37 bits per heavy atom. The Morgan fingerprint density at radius 2 is 1.95 bits per heavy atom. The molecule has 1 fully saturated rings. The molecular formula is C13H24N2O4. The highest BCUT2D eigenvalue weighted by Crippen LogP contribution is 2.18. The van der Waals surface area contributed by atoms with Gasteiger partial charge in [-0.3, -0.25) is 0 Å². The normalized spacial score (nSPS) is 19.8. The third-order valence-electron chi connectivity index (χ3n) is 3.76. The quantitative estimate of drug-likeness (QED) is 0.697. The zero-order valence-electron chi connectivity index (χ0n) is 11.7. The van der Waals surface area contributed by atoms with Crippen LogP contribution < -0.4 is 5.32 Å². The summed E-state index contributed by atoms with van der Waals surface area (Å²) in [4.78, 5) is 25.0. The number of rotatable bonds is 5. The van der Waals surface area contributed by atoms with E-state index in [1.54, 1.807) is 4.90 Å². The fourth-order valence-corrected chi connectivity index (χ4v) is 2.36. The second-order valence-electron chi connectivity index (χ2n) is 5.43. The van der Waals surface area contributed by atoms with E-state index in [0.29, 0.717) is 25.9 Å². The maximum absolute atomic E-state index is 12.1. The van der Waals surface area contributed by atoms with Crippen molar-refractivity contribution in [2.24, 2.45) is 5.92 Å². The van der Waals surface area contributed by atoms with Crippen molar-refractivity contribution >= 4 is 12.0 Å². The van der Waals surface area contributed by atoms with E-state index in [-0.39, 0.29) is 18.6 Å². The van der Waals surface area contributed by atoms with Crippen LogP contribution in [-0.2, 0) is 4.79 Å². The summed E-state index contributed by atoms with van der Waals surface area (Å²) in [5, 5.41) is 20.9. The molecule has 1 unspecified atom stereocenters. The van der Waals surface area contributed by atoms with Crippen molar-refractivity contribution < 1.29 is 19.8 Å². The Labute approximate surface area is 113 Å². The van der Waals surface area contributed by atoms with Crippen molar-refractivity contribution in [2.45, 2.75) is 45.1 Å². The van der Waals surface area contributed by atoms with Gasteiger partial charge in [0.05, 0.1) is 0 Å². The highest BCUT2D eigenvalue weighted by molar-refractivity contribution is 5.85. The van der Waals surface area contributed by atoms with E-state index in [1.165, 1.54) is 6.92 Å². The summed E-state index contributed by atoms with van der Waals surface area (Å²) in [5.41, 5.74) is -1.21. The zero-order valence-corrected chi connectivity index (χ0v) is 11.7. The molecule has 2 amide bonds. The smallest absolute Gasteiger partial charge is 0.329 e. The average molecular weight is 272 g/mol. The lowest BCUT2D eigenvalue weighted by Crippen LogP contribution is -2.57. The van der Waals surface area contributed by atoms with Crippen molar-refractivity contribution in [1.82, 2.24) is 10.2 Å². The fourth-order valence-electron chi connectivity index (χ4n) is 2.36. The lowest BCUT2D eigenvalue weighted by Gasteiger charge is -2.34. The summed E-state index contributed by atoms with van der Waals surface area (Å²) in [6.07, 6.45) is 2.62. The Hall–Kier alpha value is -1.30. The van der Waals surface area contributed by atoms with Gasteiger partial charge in [-0.25, -0.2) is 9.59 Å². The second kappa shape index (κ2) is 6.75. The van der Waals surface area contributed by atoms with E-state index in [4.69, 9.17) is 5.11 Å². The minimum absolute atomic E-state index is 0.151. The van der Waals surface area contributed by atoms with Crippen molar-refractivity contribution in [1.29, 1.82) is 0 Å². The molecule has 1 aliphatic rings. The van der Waals surface area contributed by atoms with Crippen molar-refractivity contribution in [3.8, 4) is 0 Å². The van der Waals surface area contributed by atoms with Gasteiger partial charge in [0.25, 0.3) is 0 Å². The number of aliphatic carboxylic acids is 1. The van der Waals surface area contributed by atoms with Crippen LogP contribution in [0.1, 0.15) is 39.5 Å². The van der Waals surface area contributed by atoms with E-state index >= 15 is 0 Å². The van der Waals surface area contributed by atoms with Gasteiger partial charge in [0.1, 0.15) is 5.54 Å².